The number of hydrogen-bond donors (Lipinski definition) is 1. The van der Waals surface area contributed by atoms with E-state index in [-0.39, 0.29) is 11.8 Å². The molecule has 2 rings (SSSR count). The minimum absolute atomic E-state index is 0.127. The van der Waals surface area contributed by atoms with Crippen molar-refractivity contribution in [3.8, 4) is 0 Å². The van der Waals surface area contributed by atoms with Gasteiger partial charge in [-0.25, -0.2) is 0 Å². The van der Waals surface area contributed by atoms with Gasteiger partial charge in [-0.2, -0.15) is 0 Å². The van der Waals surface area contributed by atoms with Crippen molar-refractivity contribution in [3.05, 3.63) is 34.9 Å². The first kappa shape index (κ1) is 15.3. The summed E-state index contributed by atoms with van der Waals surface area (Å²) >= 11 is 6.23. The summed E-state index contributed by atoms with van der Waals surface area (Å²) in [4.78, 5) is 14.6. The van der Waals surface area contributed by atoms with Crippen molar-refractivity contribution >= 4 is 17.5 Å². The molecule has 1 amide bonds. The smallest absolute Gasteiger partial charge is 0.227 e. The van der Waals surface area contributed by atoms with Gasteiger partial charge in [0.1, 0.15) is 0 Å². The lowest BCUT2D eigenvalue weighted by Crippen LogP contribution is -2.43. The molecule has 0 saturated heterocycles. The summed E-state index contributed by atoms with van der Waals surface area (Å²) in [5.41, 5.74) is 6.67. The van der Waals surface area contributed by atoms with Gasteiger partial charge >= 0.3 is 0 Å². The number of hydrogen-bond acceptors (Lipinski definition) is 2. The quantitative estimate of drug-likeness (QED) is 0.906. The van der Waals surface area contributed by atoms with Crippen LogP contribution >= 0.6 is 11.6 Å². The molecule has 0 bridgehead atoms. The number of amides is 1. The first-order valence-electron chi connectivity index (χ1n) is 7.37. The van der Waals surface area contributed by atoms with E-state index in [9.17, 15) is 4.79 Å². The van der Waals surface area contributed by atoms with Gasteiger partial charge in [0.15, 0.2) is 0 Å². The second-order valence-corrected chi connectivity index (χ2v) is 6.04. The number of nitrogens with two attached hydrogens (primary N) is 1. The van der Waals surface area contributed by atoms with Crippen LogP contribution in [0.5, 0.6) is 0 Å². The topological polar surface area (TPSA) is 46.3 Å². The molecule has 4 heteroatoms. The van der Waals surface area contributed by atoms with Crippen molar-refractivity contribution in [1.82, 2.24) is 4.90 Å². The van der Waals surface area contributed by atoms with E-state index in [4.69, 9.17) is 17.3 Å². The second-order valence-electron chi connectivity index (χ2n) is 5.63. The second kappa shape index (κ2) is 7.09. The van der Waals surface area contributed by atoms with Gasteiger partial charge in [-0.3, -0.25) is 4.79 Å². The maximum absolute atomic E-state index is 12.6. The van der Waals surface area contributed by atoms with Gasteiger partial charge in [0.05, 0.1) is 0 Å². The fraction of sp³-hybridized carbons (Fsp3) is 0.562. The van der Waals surface area contributed by atoms with Crippen molar-refractivity contribution in [2.75, 3.05) is 6.54 Å². The van der Waals surface area contributed by atoms with Gasteiger partial charge < -0.3 is 10.6 Å². The Bertz CT molecular complexity index is 458. The number of benzene rings is 1. The Balaban J connectivity index is 2.18. The number of rotatable bonds is 5. The molecule has 1 aliphatic rings. The van der Waals surface area contributed by atoms with E-state index in [0.29, 0.717) is 19.1 Å². The van der Waals surface area contributed by atoms with Gasteiger partial charge in [-0.05, 0) is 24.5 Å². The standard InChI is InChI=1S/C16H23ClN2O/c1-12(10-18)16(20)19(14-7-3-4-8-14)11-13-6-2-5-9-15(13)17/h2,5-6,9,12,14H,3-4,7-8,10-11,18H2,1H3. The van der Waals surface area contributed by atoms with Crippen LogP contribution in [-0.4, -0.2) is 23.4 Å². The van der Waals surface area contributed by atoms with Crippen LogP contribution in [-0.2, 0) is 11.3 Å². The molecule has 3 nitrogen and oxygen atoms in total. The van der Waals surface area contributed by atoms with Crippen LogP contribution in [0, 0.1) is 5.92 Å². The third-order valence-electron chi connectivity index (χ3n) is 4.12. The van der Waals surface area contributed by atoms with Crippen molar-refractivity contribution in [2.45, 2.75) is 45.2 Å². The summed E-state index contributed by atoms with van der Waals surface area (Å²) < 4.78 is 0. The van der Waals surface area contributed by atoms with Crippen LogP contribution < -0.4 is 5.73 Å². The molecule has 0 radical (unpaired) electrons. The molecule has 0 aromatic heterocycles. The van der Waals surface area contributed by atoms with Gasteiger partial charge in [-0.15, -0.1) is 0 Å². The predicted octanol–water partition coefficient (Wildman–Crippen LogP) is 3.21. The summed E-state index contributed by atoms with van der Waals surface area (Å²) in [6, 6.07) is 8.08. The van der Waals surface area contributed by atoms with Crippen molar-refractivity contribution in [1.29, 1.82) is 0 Å². The van der Waals surface area contributed by atoms with E-state index >= 15 is 0 Å². The van der Waals surface area contributed by atoms with Crippen LogP contribution in [0.1, 0.15) is 38.2 Å². The number of carbonyl (C=O) groups excluding carboxylic acids is 1. The van der Waals surface area contributed by atoms with Crippen LogP contribution in [0.15, 0.2) is 24.3 Å². The molecule has 110 valence electrons. The third-order valence-corrected chi connectivity index (χ3v) is 4.49. The number of nitrogens with zero attached hydrogens (tertiary/aromatic N) is 1. The van der Waals surface area contributed by atoms with E-state index in [2.05, 4.69) is 0 Å². The predicted molar refractivity (Wildman–Crippen MR) is 82.5 cm³/mol. The van der Waals surface area contributed by atoms with Gasteiger partial charge in [0.2, 0.25) is 5.91 Å². The molecule has 2 N–H and O–H groups in total. The molecule has 0 spiro atoms. The minimum atomic E-state index is -0.127. The van der Waals surface area contributed by atoms with E-state index in [1.807, 2.05) is 36.1 Å². The summed E-state index contributed by atoms with van der Waals surface area (Å²) in [5.74, 6) is 0.0254. The Morgan fingerprint density at radius 2 is 2.05 bits per heavy atom. The Kier molecular flexibility index (Phi) is 5.44. The zero-order valence-corrected chi connectivity index (χ0v) is 12.8. The zero-order chi connectivity index (χ0) is 14.5. The summed E-state index contributed by atoms with van der Waals surface area (Å²) in [6.45, 7) is 2.88. The first-order chi connectivity index (χ1) is 9.63. The normalized spacial score (nSPS) is 17.1. The van der Waals surface area contributed by atoms with Crippen molar-refractivity contribution < 1.29 is 4.79 Å². The maximum Gasteiger partial charge on any atom is 0.227 e. The molecule has 1 atom stereocenters. The van der Waals surface area contributed by atoms with Crippen LogP contribution in [0.4, 0.5) is 0 Å². The Hall–Kier alpha value is -1.06. The highest BCUT2D eigenvalue weighted by Crippen LogP contribution is 2.27. The van der Waals surface area contributed by atoms with E-state index in [1.54, 1.807) is 0 Å². The molecule has 0 aliphatic heterocycles. The number of carbonyl (C=O) groups is 1. The van der Waals surface area contributed by atoms with Gasteiger partial charge in [0, 0.05) is 30.1 Å². The molecule has 1 fully saturated rings. The summed E-state index contributed by atoms with van der Waals surface area (Å²) in [5, 5.41) is 0.726. The average Bonchev–Trinajstić information content (AvgIpc) is 2.99. The fourth-order valence-corrected chi connectivity index (χ4v) is 2.99. The highest BCUT2D eigenvalue weighted by molar-refractivity contribution is 6.31. The number of halogens is 1. The van der Waals surface area contributed by atoms with Crippen molar-refractivity contribution in [2.24, 2.45) is 11.7 Å². The maximum atomic E-state index is 12.6. The van der Waals surface area contributed by atoms with Crippen molar-refractivity contribution in [3.63, 3.8) is 0 Å². The highest BCUT2D eigenvalue weighted by atomic mass is 35.5. The molecule has 20 heavy (non-hydrogen) atoms. The molecule has 1 aromatic rings. The molecule has 1 unspecified atom stereocenters. The van der Waals surface area contributed by atoms with Crippen LogP contribution in [0.25, 0.3) is 0 Å². The largest absolute Gasteiger partial charge is 0.335 e. The van der Waals surface area contributed by atoms with Crippen LogP contribution in [0.3, 0.4) is 0 Å². The summed E-state index contributed by atoms with van der Waals surface area (Å²) in [7, 11) is 0. The Labute approximate surface area is 126 Å². The van der Waals surface area contributed by atoms with Crippen LogP contribution in [0.2, 0.25) is 5.02 Å². The fourth-order valence-electron chi connectivity index (χ4n) is 2.80. The van der Waals surface area contributed by atoms with Gasteiger partial charge in [0.25, 0.3) is 0 Å². The Morgan fingerprint density at radius 3 is 2.65 bits per heavy atom. The third kappa shape index (κ3) is 3.53. The average molecular weight is 295 g/mol. The lowest BCUT2D eigenvalue weighted by Gasteiger charge is -2.31. The Morgan fingerprint density at radius 1 is 1.40 bits per heavy atom. The van der Waals surface area contributed by atoms with E-state index in [0.717, 1.165) is 23.4 Å². The highest BCUT2D eigenvalue weighted by Gasteiger charge is 2.29. The molecule has 1 aliphatic carbocycles. The SMILES string of the molecule is CC(CN)C(=O)N(Cc1ccccc1Cl)C1CCCC1. The zero-order valence-electron chi connectivity index (χ0n) is 12.0. The lowest BCUT2D eigenvalue weighted by molar-refractivity contribution is -0.137. The van der Waals surface area contributed by atoms with Gasteiger partial charge in [-0.1, -0.05) is 49.6 Å². The minimum Gasteiger partial charge on any atom is -0.335 e. The molecule has 0 heterocycles. The van der Waals surface area contributed by atoms with E-state index < -0.39 is 0 Å². The summed E-state index contributed by atoms with van der Waals surface area (Å²) in [6.07, 6.45) is 4.59. The lowest BCUT2D eigenvalue weighted by atomic mass is 10.1. The molecular weight excluding hydrogens is 272 g/mol. The first-order valence-corrected chi connectivity index (χ1v) is 7.75. The molecule has 1 aromatic carbocycles. The monoisotopic (exact) mass is 294 g/mol. The molecular formula is C16H23ClN2O. The molecule has 1 saturated carbocycles. The van der Waals surface area contributed by atoms with E-state index in [1.165, 1.54) is 12.8 Å².